The molecule has 0 radical (unpaired) electrons. The van der Waals surface area contributed by atoms with Gasteiger partial charge in [-0.3, -0.25) is 4.79 Å². The Labute approximate surface area is 127 Å². The van der Waals surface area contributed by atoms with Crippen molar-refractivity contribution in [3.05, 3.63) is 29.8 Å². The van der Waals surface area contributed by atoms with E-state index in [1.165, 1.54) is 12.0 Å². The van der Waals surface area contributed by atoms with Crippen LogP contribution in [0, 0.1) is 0 Å². The van der Waals surface area contributed by atoms with E-state index in [9.17, 15) is 4.79 Å². The maximum Gasteiger partial charge on any atom is 0.228 e. The Balaban J connectivity index is 1.81. The van der Waals surface area contributed by atoms with Gasteiger partial charge in [-0.2, -0.15) is 0 Å². The smallest absolute Gasteiger partial charge is 0.228 e. The lowest BCUT2D eigenvalue weighted by Gasteiger charge is -2.32. The molecule has 2 rings (SSSR count). The number of carbonyl (C=O) groups excluding carboxylic acids is 1. The highest BCUT2D eigenvalue weighted by Crippen LogP contribution is 2.33. The summed E-state index contributed by atoms with van der Waals surface area (Å²) < 4.78 is 5.56. The number of hydrogen-bond donors (Lipinski definition) is 1. The minimum absolute atomic E-state index is 0.126. The second kappa shape index (κ2) is 8.15. The number of benzene rings is 1. The molecule has 1 N–H and O–H groups in total. The zero-order valence-corrected chi connectivity index (χ0v) is 13.1. The van der Waals surface area contributed by atoms with Gasteiger partial charge >= 0.3 is 0 Å². The van der Waals surface area contributed by atoms with Gasteiger partial charge in [0.1, 0.15) is 0 Å². The molecule has 0 aliphatic carbocycles. The van der Waals surface area contributed by atoms with Gasteiger partial charge in [-0.25, -0.2) is 0 Å². The first-order chi connectivity index (χ1) is 10.2. The third-order valence-electron chi connectivity index (χ3n) is 3.92. The summed E-state index contributed by atoms with van der Waals surface area (Å²) in [6.45, 7) is 4.68. The lowest BCUT2D eigenvalue weighted by atomic mass is 9.96. The molecule has 0 saturated heterocycles. The Hall–Kier alpha value is -1.39. The van der Waals surface area contributed by atoms with Gasteiger partial charge in [0.2, 0.25) is 5.91 Å². The number of hydrogen-bond acceptors (Lipinski definition) is 3. The molecule has 4 heteroatoms. The summed E-state index contributed by atoms with van der Waals surface area (Å²) in [5, 5.41) is 3.49. The topological polar surface area (TPSA) is 41.6 Å². The summed E-state index contributed by atoms with van der Waals surface area (Å²) in [7, 11) is 1.85. The van der Waals surface area contributed by atoms with Crippen molar-refractivity contribution in [3.8, 4) is 0 Å². The zero-order chi connectivity index (χ0) is 15.1. The van der Waals surface area contributed by atoms with Gasteiger partial charge in [0.15, 0.2) is 0 Å². The van der Waals surface area contributed by atoms with Gasteiger partial charge in [-0.15, -0.1) is 0 Å². The minimum Gasteiger partial charge on any atom is -0.381 e. The van der Waals surface area contributed by atoms with E-state index in [4.69, 9.17) is 4.74 Å². The van der Waals surface area contributed by atoms with E-state index in [0.717, 1.165) is 38.3 Å². The Morgan fingerprint density at radius 3 is 2.86 bits per heavy atom. The van der Waals surface area contributed by atoms with E-state index < -0.39 is 0 Å². The number of rotatable bonds is 8. The van der Waals surface area contributed by atoms with Crippen LogP contribution in [0.4, 0.5) is 5.69 Å². The summed E-state index contributed by atoms with van der Waals surface area (Å²) in [5.74, 6) is 0.172. The van der Waals surface area contributed by atoms with Crippen molar-refractivity contribution >= 4 is 11.6 Å². The highest BCUT2D eigenvalue weighted by molar-refractivity contribution is 5.96. The van der Waals surface area contributed by atoms with E-state index in [2.05, 4.69) is 18.3 Å². The number of unbranched alkanes of at least 4 members (excludes halogenated alkanes) is 1. The van der Waals surface area contributed by atoms with Crippen LogP contribution < -0.4 is 10.2 Å². The predicted octanol–water partition coefficient (Wildman–Crippen LogP) is 2.89. The summed E-state index contributed by atoms with van der Waals surface area (Å²) in [5.41, 5.74) is 2.23. The molecule has 1 aromatic carbocycles. The first-order valence-electron chi connectivity index (χ1n) is 7.90. The predicted molar refractivity (Wildman–Crippen MR) is 85.6 cm³/mol. The highest BCUT2D eigenvalue weighted by atomic mass is 16.5. The zero-order valence-electron chi connectivity index (χ0n) is 13.1. The third kappa shape index (κ3) is 4.29. The van der Waals surface area contributed by atoms with E-state index in [0.29, 0.717) is 6.42 Å². The van der Waals surface area contributed by atoms with E-state index >= 15 is 0 Å². The molecule has 1 atom stereocenters. The maximum atomic E-state index is 12.0. The van der Waals surface area contributed by atoms with Gasteiger partial charge in [-0.1, -0.05) is 31.5 Å². The van der Waals surface area contributed by atoms with Crippen molar-refractivity contribution in [2.75, 3.05) is 31.7 Å². The molecule has 1 aliphatic rings. The second-order valence-corrected chi connectivity index (χ2v) is 5.54. The second-order valence-electron chi connectivity index (χ2n) is 5.54. The summed E-state index contributed by atoms with van der Waals surface area (Å²) in [4.78, 5) is 13.8. The van der Waals surface area contributed by atoms with Gasteiger partial charge in [-0.05, 0) is 31.0 Å². The summed E-state index contributed by atoms with van der Waals surface area (Å²) in [6.07, 6.45) is 3.81. The summed E-state index contributed by atoms with van der Waals surface area (Å²) >= 11 is 0. The SMILES string of the molecule is CCCCOCCCNC1CC(=O)N(C)c2ccccc21. The fourth-order valence-corrected chi connectivity index (χ4v) is 2.62. The van der Waals surface area contributed by atoms with Gasteiger partial charge in [0.25, 0.3) is 0 Å². The molecule has 21 heavy (non-hydrogen) atoms. The average Bonchev–Trinajstić information content (AvgIpc) is 2.51. The molecule has 1 aliphatic heterocycles. The first kappa shape index (κ1) is 16.0. The number of amides is 1. The molecule has 116 valence electrons. The van der Waals surface area contributed by atoms with Crippen LogP contribution in [-0.2, 0) is 9.53 Å². The van der Waals surface area contributed by atoms with Crippen LogP contribution in [0.1, 0.15) is 44.2 Å². The van der Waals surface area contributed by atoms with Crippen LogP contribution in [0.15, 0.2) is 24.3 Å². The molecule has 0 saturated carbocycles. The molecular formula is C17H26N2O2. The molecule has 1 amide bonds. The molecule has 1 unspecified atom stereocenters. The lowest BCUT2D eigenvalue weighted by Crippen LogP contribution is -2.38. The Kier molecular flexibility index (Phi) is 6.21. The van der Waals surface area contributed by atoms with Crippen molar-refractivity contribution in [2.24, 2.45) is 0 Å². The van der Waals surface area contributed by atoms with Crippen molar-refractivity contribution < 1.29 is 9.53 Å². The summed E-state index contributed by atoms with van der Waals surface area (Å²) in [6, 6.07) is 8.25. The van der Waals surface area contributed by atoms with E-state index in [1.54, 1.807) is 4.90 Å². The molecule has 0 spiro atoms. The fraction of sp³-hybridized carbons (Fsp3) is 0.588. The molecular weight excluding hydrogens is 264 g/mol. The largest absolute Gasteiger partial charge is 0.381 e. The Morgan fingerprint density at radius 1 is 1.29 bits per heavy atom. The van der Waals surface area contributed by atoms with Crippen molar-refractivity contribution in [3.63, 3.8) is 0 Å². The van der Waals surface area contributed by atoms with Gasteiger partial charge in [0.05, 0.1) is 0 Å². The number of fused-ring (bicyclic) bond motifs is 1. The van der Waals surface area contributed by atoms with Crippen LogP contribution >= 0.6 is 0 Å². The van der Waals surface area contributed by atoms with Crippen molar-refractivity contribution in [1.82, 2.24) is 5.32 Å². The van der Waals surface area contributed by atoms with Crippen LogP contribution in [0.3, 0.4) is 0 Å². The van der Waals surface area contributed by atoms with Crippen LogP contribution in [-0.4, -0.2) is 32.7 Å². The number of para-hydroxylation sites is 1. The molecule has 0 bridgehead atoms. The fourth-order valence-electron chi connectivity index (χ4n) is 2.62. The molecule has 4 nitrogen and oxygen atoms in total. The van der Waals surface area contributed by atoms with Crippen LogP contribution in [0.5, 0.6) is 0 Å². The van der Waals surface area contributed by atoms with Gasteiger partial charge in [0, 0.05) is 38.4 Å². The number of nitrogens with one attached hydrogen (secondary N) is 1. The first-order valence-corrected chi connectivity index (χ1v) is 7.90. The van der Waals surface area contributed by atoms with E-state index in [-0.39, 0.29) is 11.9 Å². The van der Waals surface area contributed by atoms with E-state index in [1.807, 2.05) is 25.2 Å². The number of anilines is 1. The monoisotopic (exact) mass is 290 g/mol. The maximum absolute atomic E-state index is 12.0. The third-order valence-corrected chi connectivity index (χ3v) is 3.92. The Morgan fingerprint density at radius 2 is 2.05 bits per heavy atom. The van der Waals surface area contributed by atoms with Gasteiger partial charge < -0.3 is 15.0 Å². The quantitative estimate of drug-likeness (QED) is 0.749. The van der Waals surface area contributed by atoms with Crippen molar-refractivity contribution in [2.45, 2.75) is 38.6 Å². The minimum atomic E-state index is 0.126. The molecule has 1 aromatic rings. The normalized spacial score (nSPS) is 17.9. The average molecular weight is 290 g/mol. The van der Waals surface area contributed by atoms with Crippen LogP contribution in [0.25, 0.3) is 0 Å². The number of carbonyl (C=O) groups is 1. The number of nitrogens with zero attached hydrogens (tertiary/aromatic N) is 1. The molecule has 0 aromatic heterocycles. The molecule has 1 heterocycles. The Bertz CT molecular complexity index is 462. The lowest BCUT2D eigenvalue weighted by molar-refractivity contribution is -0.119. The van der Waals surface area contributed by atoms with Crippen LogP contribution in [0.2, 0.25) is 0 Å². The standard InChI is InChI=1S/C17H26N2O2/c1-3-4-11-21-12-7-10-18-15-13-17(20)19(2)16-9-6-5-8-14(15)16/h5-6,8-9,15,18H,3-4,7,10-13H2,1-2H3. The number of ether oxygens (including phenoxy) is 1. The van der Waals surface area contributed by atoms with Crippen molar-refractivity contribution in [1.29, 1.82) is 0 Å². The molecule has 0 fully saturated rings. The highest BCUT2D eigenvalue weighted by Gasteiger charge is 2.28.